The highest BCUT2D eigenvalue weighted by Gasteiger charge is 2.14. The molecule has 0 bridgehead atoms. The summed E-state index contributed by atoms with van der Waals surface area (Å²) in [4.78, 5) is 6.88. The standard InChI is InChI=1S/C18H17Cl2N3/c1-23-9-8-22-17(14-11-13(21)4-7-18(14)23)6-3-12-2-5-15(19)16(20)10-12/h2-7,10-11H,8-9,21H2,1H3/b6-3+. The fourth-order valence-electron chi connectivity index (χ4n) is 2.55. The Bertz CT molecular complexity index is 797. The first-order valence-corrected chi connectivity index (χ1v) is 8.09. The van der Waals surface area contributed by atoms with Gasteiger partial charge >= 0.3 is 0 Å². The fourth-order valence-corrected chi connectivity index (χ4v) is 2.86. The Hall–Kier alpha value is -1.97. The van der Waals surface area contributed by atoms with Crippen LogP contribution in [0.5, 0.6) is 0 Å². The molecule has 0 fully saturated rings. The zero-order chi connectivity index (χ0) is 16.4. The molecule has 23 heavy (non-hydrogen) atoms. The zero-order valence-corrected chi connectivity index (χ0v) is 14.3. The van der Waals surface area contributed by atoms with E-state index in [0.717, 1.165) is 41.3 Å². The summed E-state index contributed by atoms with van der Waals surface area (Å²) in [6.45, 7) is 1.62. The van der Waals surface area contributed by atoms with Crippen LogP contribution in [-0.4, -0.2) is 25.8 Å². The molecule has 5 heteroatoms. The monoisotopic (exact) mass is 345 g/mol. The molecule has 0 radical (unpaired) electrons. The van der Waals surface area contributed by atoms with Crippen LogP contribution in [0.25, 0.3) is 6.08 Å². The molecular formula is C18H17Cl2N3. The Morgan fingerprint density at radius 2 is 1.91 bits per heavy atom. The van der Waals surface area contributed by atoms with Gasteiger partial charge in [-0.15, -0.1) is 0 Å². The highest BCUT2D eigenvalue weighted by molar-refractivity contribution is 6.42. The lowest BCUT2D eigenvalue weighted by molar-refractivity contribution is 0.897. The molecule has 2 N–H and O–H groups in total. The van der Waals surface area contributed by atoms with Gasteiger partial charge in [-0.25, -0.2) is 0 Å². The minimum atomic E-state index is 0.543. The van der Waals surface area contributed by atoms with E-state index < -0.39 is 0 Å². The van der Waals surface area contributed by atoms with Crippen LogP contribution in [0.3, 0.4) is 0 Å². The summed E-state index contributed by atoms with van der Waals surface area (Å²) < 4.78 is 0. The molecule has 1 aliphatic heterocycles. The molecule has 0 unspecified atom stereocenters. The molecule has 1 heterocycles. The van der Waals surface area contributed by atoms with Crippen molar-refractivity contribution in [2.24, 2.45) is 4.99 Å². The molecule has 0 spiro atoms. The van der Waals surface area contributed by atoms with Crippen molar-refractivity contribution in [3.8, 4) is 0 Å². The van der Waals surface area contributed by atoms with Crippen LogP contribution >= 0.6 is 23.2 Å². The van der Waals surface area contributed by atoms with Crippen LogP contribution in [0, 0.1) is 0 Å². The fraction of sp³-hybridized carbons (Fsp3) is 0.167. The minimum Gasteiger partial charge on any atom is -0.399 e. The van der Waals surface area contributed by atoms with Crippen molar-refractivity contribution in [3.63, 3.8) is 0 Å². The number of allylic oxidation sites excluding steroid dienone is 1. The van der Waals surface area contributed by atoms with E-state index in [2.05, 4.69) is 16.9 Å². The van der Waals surface area contributed by atoms with Crippen LogP contribution in [0.2, 0.25) is 10.0 Å². The van der Waals surface area contributed by atoms with Crippen LogP contribution < -0.4 is 10.6 Å². The van der Waals surface area contributed by atoms with E-state index >= 15 is 0 Å². The maximum Gasteiger partial charge on any atom is 0.0669 e. The maximum absolute atomic E-state index is 6.06. The molecule has 3 rings (SSSR count). The average Bonchev–Trinajstić information content (AvgIpc) is 2.67. The number of rotatable bonds is 2. The first-order valence-electron chi connectivity index (χ1n) is 7.33. The molecule has 0 saturated carbocycles. The van der Waals surface area contributed by atoms with Gasteiger partial charge in [0, 0.05) is 30.5 Å². The third kappa shape index (κ3) is 3.52. The van der Waals surface area contributed by atoms with Gasteiger partial charge in [0.25, 0.3) is 0 Å². The summed E-state index contributed by atoms with van der Waals surface area (Å²) >= 11 is 12.0. The van der Waals surface area contributed by atoms with E-state index in [0.29, 0.717) is 10.0 Å². The van der Waals surface area contributed by atoms with Crippen LogP contribution in [0.15, 0.2) is 47.5 Å². The molecule has 0 amide bonds. The molecular weight excluding hydrogens is 329 g/mol. The first-order chi connectivity index (χ1) is 11.0. The van der Waals surface area contributed by atoms with Crippen molar-refractivity contribution < 1.29 is 0 Å². The number of anilines is 2. The zero-order valence-electron chi connectivity index (χ0n) is 12.8. The predicted octanol–water partition coefficient (Wildman–Crippen LogP) is 4.53. The number of nitrogens with zero attached hydrogens (tertiary/aromatic N) is 2. The van der Waals surface area contributed by atoms with Crippen LogP contribution in [0.1, 0.15) is 11.1 Å². The predicted molar refractivity (Wildman–Crippen MR) is 101 cm³/mol. The summed E-state index contributed by atoms with van der Waals surface area (Å²) in [7, 11) is 2.07. The third-order valence-corrected chi connectivity index (χ3v) is 4.54. The summed E-state index contributed by atoms with van der Waals surface area (Å²) in [5.74, 6) is 0. The van der Waals surface area contributed by atoms with Gasteiger partial charge in [-0.2, -0.15) is 0 Å². The maximum atomic E-state index is 6.06. The van der Waals surface area contributed by atoms with Crippen LogP contribution in [-0.2, 0) is 0 Å². The molecule has 3 nitrogen and oxygen atoms in total. The highest BCUT2D eigenvalue weighted by Crippen LogP contribution is 2.26. The Morgan fingerprint density at radius 1 is 1.09 bits per heavy atom. The van der Waals surface area contributed by atoms with Crippen molar-refractivity contribution in [2.45, 2.75) is 0 Å². The SMILES string of the molecule is CN1CCN=C(/C=C/c2ccc(Cl)c(Cl)c2)c2cc(N)ccc21. The molecule has 0 aliphatic carbocycles. The van der Waals surface area contributed by atoms with Gasteiger partial charge < -0.3 is 10.6 Å². The highest BCUT2D eigenvalue weighted by atomic mass is 35.5. The van der Waals surface area contributed by atoms with Crippen molar-refractivity contribution in [2.75, 3.05) is 30.8 Å². The lowest BCUT2D eigenvalue weighted by Gasteiger charge is -2.19. The number of halogens is 2. The largest absolute Gasteiger partial charge is 0.399 e. The van der Waals surface area contributed by atoms with Gasteiger partial charge in [0.15, 0.2) is 0 Å². The van der Waals surface area contributed by atoms with Crippen LogP contribution in [0.4, 0.5) is 11.4 Å². The van der Waals surface area contributed by atoms with Crippen molar-refractivity contribution in [3.05, 3.63) is 63.6 Å². The molecule has 118 valence electrons. The summed E-state index contributed by atoms with van der Waals surface area (Å²) in [5.41, 5.74) is 10.8. The van der Waals surface area contributed by atoms with Crippen molar-refractivity contribution in [1.82, 2.24) is 0 Å². The van der Waals surface area contributed by atoms with Crippen molar-refractivity contribution in [1.29, 1.82) is 0 Å². The van der Waals surface area contributed by atoms with E-state index in [4.69, 9.17) is 28.9 Å². The molecule has 2 aromatic carbocycles. The number of aliphatic imine (C=N–C) groups is 1. The second-order valence-corrected chi connectivity index (χ2v) is 6.29. The second-order valence-electron chi connectivity index (χ2n) is 5.47. The number of nitrogens with two attached hydrogens (primary N) is 1. The molecule has 2 aromatic rings. The number of fused-ring (bicyclic) bond motifs is 1. The third-order valence-electron chi connectivity index (χ3n) is 3.80. The van der Waals surface area contributed by atoms with E-state index in [1.165, 1.54) is 0 Å². The molecule has 0 saturated heterocycles. The minimum absolute atomic E-state index is 0.543. The Morgan fingerprint density at radius 3 is 2.70 bits per heavy atom. The lowest BCUT2D eigenvalue weighted by Crippen LogP contribution is -2.20. The van der Waals surface area contributed by atoms with E-state index in [9.17, 15) is 0 Å². The molecule has 1 aliphatic rings. The smallest absolute Gasteiger partial charge is 0.0669 e. The number of hydrogen-bond acceptors (Lipinski definition) is 3. The number of likely N-dealkylation sites (N-methyl/N-ethyl adjacent to an activating group) is 1. The topological polar surface area (TPSA) is 41.6 Å². The quantitative estimate of drug-likeness (QED) is 0.812. The van der Waals surface area contributed by atoms with Gasteiger partial charge in [-0.05, 0) is 42.0 Å². The van der Waals surface area contributed by atoms with Gasteiger partial charge in [0.1, 0.15) is 0 Å². The summed E-state index contributed by atoms with van der Waals surface area (Å²) in [6, 6.07) is 11.5. The second kappa shape index (κ2) is 6.65. The normalized spacial score (nSPS) is 14.6. The van der Waals surface area contributed by atoms with Crippen molar-refractivity contribution >= 4 is 46.4 Å². The molecule has 0 aromatic heterocycles. The molecule has 0 atom stereocenters. The van der Waals surface area contributed by atoms with Gasteiger partial charge in [-0.1, -0.05) is 35.3 Å². The summed E-state index contributed by atoms with van der Waals surface area (Å²) in [6.07, 6.45) is 3.98. The number of benzene rings is 2. The number of nitrogen functional groups attached to an aromatic ring is 1. The average molecular weight is 346 g/mol. The number of benzodiazepines with no additional fused rings is 1. The summed E-state index contributed by atoms with van der Waals surface area (Å²) in [5, 5.41) is 1.09. The van der Waals surface area contributed by atoms with E-state index in [1.54, 1.807) is 6.07 Å². The van der Waals surface area contributed by atoms with E-state index in [-0.39, 0.29) is 0 Å². The Kier molecular flexibility index (Phi) is 4.60. The Balaban J connectivity index is 1.97. The van der Waals surface area contributed by atoms with E-state index in [1.807, 2.05) is 42.5 Å². The van der Waals surface area contributed by atoms with Gasteiger partial charge in [-0.3, -0.25) is 4.99 Å². The van der Waals surface area contributed by atoms with Gasteiger partial charge in [0.05, 0.1) is 22.3 Å². The number of hydrogen-bond donors (Lipinski definition) is 1. The Labute approximate surface area is 146 Å². The first kappa shape index (κ1) is 15.9. The van der Waals surface area contributed by atoms with Gasteiger partial charge in [0.2, 0.25) is 0 Å². The lowest BCUT2D eigenvalue weighted by atomic mass is 10.0.